The van der Waals surface area contributed by atoms with Gasteiger partial charge in [0.2, 0.25) is 0 Å². The molecule has 3 saturated carbocycles. The van der Waals surface area contributed by atoms with Crippen molar-refractivity contribution in [2.45, 2.75) is 115 Å². The first-order valence-electron chi connectivity index (χ1n) is 10.8. The Labute approximate surface area is 208 Å². The van der Waals surface area contributed by atoms with E-state index in [4.69, 9.17) is 9.47 Å². The van der Waals surface area contributed by atoms with E-state index in [0.29, 0.717) is 5.41 Å². The van der Waals surface area contributed by atoms with E-state index in [1.165, 1.54) is 26.7 Å². The minimum Gasteiger partial charge on any atom is -0.461 e. The van der Waals surface area contributed by atoms with Crippen LogP contribution in [0.3, 0.4) is 0 Å². The molecule has 3 aliphatic carbocycles. The van der Waals surface area contributed by atoms with Crippen LogP contribution in [0.25, 0.3) is 0 Å². The summed E-state index contributed by atoms with van der Waals surface area (Å²) in [6, 6.07) is 0. The Bertz CT molecular complexity index is 580. The molecule has 0 saturated heterocycles. The summed E-state index contributed by atoms with van der Waals surface area (Å²) in [5.74, 6) is -0.327. The van der Waals surface area contributed by atoms with Crippen LogP contribution in [0.5, 0.6) is 0 Å². The van der Waals surface area contributed by atoms with Gasteiger partial charge in [-0.25, -0.2) is 0 Å². The SMILES string of the molecule is CC(=O)OC1C2(C)CC(C)(C2)C1(C)C.CCC(C)(C)C(OC(C)=O)C(C)(C)C.II. The molecular formula is C24H44I2O4. The van der Waals surface area contributed by atoms with Gasteiger partial charge in [-0.3, -0.25) is 9.59 Å². The van der Waals surface area contributed by atoms with Crippen molar-refractivity contribution in [3.05, 3.63) is 0 Å². The highest BCUT2D eigenvalue weighted by atomic mass is 128. The van der Waals surface area contributed by atoms with Crippen LogP contribution in [0, 0.1) is 27.1 Å². The van der Waals surface area contributed by atoms with Gasteiger partial charge in [0.05, 0.1) is 0 Å². The molecule has 0 amide bonds. The first kappa shape index (κ1) is 30.4. The molecule has 0 spiro atoms. The van der Waals surface area contributed by atoms with Gasteiger partial charge in [-0.1, -0.05) is 69.2 Å². The maximum Gasteiger partial charge on any atom is 0.302 e. The van der Waals surface area contributed by atoms with Gasteiger partial charge in [0.1, 0.15) is 12.2 Å². The number of rotatable bonds is 4. The minimum atomic E-state index is -0.188. The molecule has 2 unspecified atom stereocenters. The minimum absolute atomic E-state index is 0.00875. The molecule has 3 rings (SSSR count). The number of hydrogen-bond acceptors (Lipinski definition) is 4. The molecule has 0 heterocycles. The van der Waals surface area contributed by atoms with Crippen molar-refractivity contribution >= 4 is 49.2 Å². The normalized spacial score (nSPS) is 29.9. The highest BCUT2D eigenvalue weighted by Gasteiger charge is 2.72. The molecule has 3 fully saturated rings. The number of fused-ring (bicyclic) bond motifs is 1. The smallest absolute Gasteiger partial charge is 0.302 e. The first-order valence-corrected chi connectivity index (χ1v) is 17.1. The molecule has 0 aliphatic heterocycles. The van der Waals surface area contributed by atoms with Crippen molar-refractivity contribution in [3.63, 3.8) is 0 Å². The Morgan fingerprint density at radius 3 is 1.63 bits per heavy atom. The molecule has 0 aromatic heterocycles. The zero-order chi connectivity index (χ0) is 24.3. The van der Waals surface area contributed by atoms with Crippen molar-refractivity contribution < 1.29 is 19.1 Å². The van der Waals surface area contributed by atoms with Gasteiger partial charge in [0.15, 0.2) is 0 Å². The maximum absolute atomic E-state index is 11.1. The summed E-state index contributed by atoms with van der Waals surface area (Å²) in [6.45, 7) is 24.8. The Balaban J connectivity index is 0.000000518. The average molecular weight is 650 g/mol. The van der Waals surface area contributed by atoms with Gasteiger partial charge in [0, 0.05) is 67.3 Å². The Hall–Kier alpha value is 0.400. The van der Waals surface area contributed by atoms with Crippen LogP contribution in [0.4, 0.5) is 0 Å². The van der Waals surface area contributed by atoms with Crippen molar-refractivity contribution in [2.75, 3.05) is 0 Å². The first-order chi connectivity index (χ1) is 13.3. The van der Waals surface area contributed by atoms with E-state index in [0.717, 1.165) is 6.42 Å². The summed E-state index contributed by atoms with van der Waals surface area (Å²) in [7, 11) is 0. The number of hydrogen-bond donors (Lipinski definition) is 0. The van der Waals surface area contributed by atoms with Crippen LogP contribution >= 0.6 is 37.2 Å². The lowest BCUT2D eigenvalue weighted by molar-refractivity contribution is -0.162. The summed E-state index contributed by atoms with van der Waals surface area (Å²) in [4.78, 5) is 22.1. The lowest BCUT2D eigenvalue weighted by Gasteiger charge is -2.45. The zero-order valence-corrected chi connectivity index (χ0v) is 25.5. The van der Waals surface area contributed by atoms with Gasteiger partial charge in [-0.05, 0) is 30.1 Å². The highest BCUT2D eigenvalue weighted by Crippen LogP contribution is 2.75. The van der Waals surface area contributed by atoms with Crippen LogP contribution in [-0.2, 0) is 19.1 Å². The van der Waals surface area contributed by atoms with E-state index in [1.807, 2.05) is 0 Å². The maximum atomic E-state index is 11.1. The van der Waals surface area contributed by atoms with E-state index in [9.17, 15) is 9.59 Å². The molecule has 30 heavy (non-hydrogen) atoms. The molecule has 2 atom stereocenters. The number of esters is 2. The molecule has 0 radical (unpaired) electrons. The average Bonchev–Trinajstić information content (AvgIpc) is 2.79. The summed E-state index contributed by atoms with van der Waals surface area (Å²) in [5.41, 5.74) is 0.772. The van der Waals surface area contributed by atoms with Crippen LogP contribution in [0.2, 0.25) is 0 Å². The lowest BCUT2D eigenvalue weighted by atomic mass is 9.58. The van der Waals surface area contributed by atoms with Crippen molar-refractivity contribution in [1.29, 1.82) is 0 Å². The van der Waals surface area contributed by atoms with E-state index in [-0.39, 0.29) is 45.8 Å². The molecule has 2 bridgehead atoms. The monoisotopic (exact) mass is 650 g/mol. The lowest BCUT2D eigenvalue weighted by Crippen LogP contribution is -2.42. The van der Waals surface area contributed by atoms with E-state index >= 15 is 0 Å². The Morgan fingerprint density at radius 1 is 0.967 bits per heavy atom. The predicted molar refractivity (Wildman–Crippen MR) is 142 cm³/mol. The third-order valence-electron chi connectivity index (χ3n) is 7.41. The van der Waals surface area contributed by atoms with Gasteiger partial charge in [-0.2, -0.15) is 0 Å². The van der Waals surface area contributed by atoms with Gasteiger partial charge in [0.25, 0.3) is 0 Å². The molecule has 178 valence electrons. The summed E-state index contributed by atoms with van der Waals surface area (Å²) in [6.07, 6.45) is 3.48. The molecule has 6 heteroatoms. The number of carbonyl (C=O) groups excluding carboxylic acids is 2. The zero-order valence-electron chi connectivity index (χ0n) is 21.2. The van der Waals surface area contributed by atoms with E-state index < -0.39 is 0 Å². The Morgan fingerprint density at radius 2 is 1.40 bits per heavy atom. The highest BCUT2D eigenvalue weighted by molar-refractivity contribution is 15.0. The third-order valence-corrected chi connectivity index (χ3v) is 7.41. The molecular weight excluding hydrogens is 606 g/mol. The van der Waals surface area contributed by atoms with Gasteiger partial charge in [-0.15, -0.1) is 0 Å². The van der Waals surface area contributed by atoms with Crippen molar-refractivity contribution in [1.82, 2.24) is 0 Å². The number of halogens is 2. The third kappa shape index (κ3) is 6.70. The molecule has 0 aromatic carbocycles. The summed E-state index contributed by atoms with van der Waals surface area (Å²) >= 11 is 4.24. The predicted octanol–water partition coefficient (Wildman–Crippen LogP) is 7.94. The molecule has 3 aliphatic rings. The summed E-state index contributed by atoms with van der Waals surface area (Å²) < 4.78 is 10.9. The molecule has 0 aromatic rings. The molecule has 4 nitrogen and oxygen atoms in total. The fourth-order valence-corrected chi connectivity index (χ4v) is 5.87. The second kappa shape index (κ2) is 10.6. The van der Waals surface area contributed by atoms with Crippen LogP contribution in [0.1, 0.15) is 102 Å². The van der Waals surface area contributed by atoms with Crippen LogP contribution in [-0.4, -0.2) is 24.1 Å². The fourth-order valence-electron chi connectivity index (χ4n) is 5.87. The van der Waals surface area contributed by atoms with Crippen molar-refractivity contribution in [2.24, 2.45) is 27.1 Å². The summed E-state index contributed by atoms with van der Waals surface area (Å²) in [5, 5.41) is 0. The second-order valence-corrected chi connectivity index (χ2v) is 12.0. The van der Waals surface area contributed by atoms with Crippen LogP contribution in [0.15, 0.2) is 0 Å². The fraction of sp³-hybridized carbons (Fsp3) is 0.917. The molecule has 0 N–H and O–H groups in total. The van der Waals surface area contributed by atoms with Crippen LogP contribution < -0.4 is 0 Å². The second-order valence-electron chi connectivity index (χ2n) is 12.0. The largest absolute Gasteiger partial charge is 0.461 e. The van der Waals surface area contributed by atoms with Crippen molar-refractivity contribution in [3.8, 4) is 0 Å². The number of ether oxygens (including phenoxy) is 2. The van der Waals surface area contributed by atoms with Gasteiger partial charge < -0.3 is 9.47 Å². The quantitative estimate of drug-likeness (QED) is 0.229. The van der Waals surface area contributed by atoms with E-state index in [1.54, 1.807) is 0 Å². The topological polar surface area (TPSA) is 52.6 Å². The van der Waals surface area contributed by atoms with Gasteiger partial charge >= 0.3 is 11.9 Å². The van der Waals surface area contributed by atoms with E-state index in [2.05, 4.69) is 106 Å². The number of carbonyl (C=O) groups is 2. The Kier molecular flexibility index (Phi) is 10.7. The standard InChI is InChI=1S/C12H20O2.C12H24O2.I2/c1-8(13)14-9-10(2,3)12(5)6-11(9,4)7-12;1-8-12(6,7)10(11(3,4)5)14-9(2)13;1-2/h9H,6-7H2,1-5H3;10H,8H2,1-7H3;.